The maximum absolute atomic E-state index is 12.7. The highest BCUT2D eigenvalue weighted by atomic mass is 16.5. The zero-order chi connectivity index (χ0) is 20.7. The van der Waals surface area contributed by atoms with Gasteiger partial charge in [0.25, 0.3) is 5.56 Å². The molecule has 1 aromatic carbocycles. The molecule has 0 bridgehead atoms. The molecular weight excluding hydrogens is 386 g/mol. The van der Waals surface area contributed by atoms with Crippen LogP contribution in [0.5, 0.6) is 11.5 Å². The number of hydrogen-bond donors (Lipinski definition) is 0. The molecule has 0 aliphatic carbocycles. The van der Waals surface area contributed by atoms with Crippen LogP contribution in [0, 0.1) is 0 Å². The van der Waals surface area contributed by atoms with E-state index >= 15 is 0 Å². The van der Waals surface area contributed by atoms with E-state index in [-0.39, 0.29) is 17.7 Å². The van der Waals surface area contributed by atoms with E-state index in [0.717, 1.165) is 17.1 Å². The third-order valence-corrected chi connectivity index (χ3v) is 5.52. The molecule has 0 spiro atoms. The van der Waals surface area contributed by atoms with Gasteiger partial charge < -0.3 is 19.1 Å². The number of methoxy groups -OCH3 is 1. The van der Waals surface area contributed by atoms with Crippen LogP contribution in [0.2, 0.25) is 0 Å². The van der Waals surface area contributed by atoms with Gasteiger partial charge in [-0.3, -0.25) is 9.36 Å². The summed E-state index contributed by atoms with van der Waals surface area (Å²) in [4.78, 5) is 27.7. The normalized spacial score (nSPS) is 20.1. The van der Waals surface area contributed by atoms with E-state index in [2.05, 4.69) is 14.9 Å². The molecule has 1 saturated heterocycles. The van der Waals surface area contributed by atoms with Gasteiger partial charge in [-0.1, -0.05) is 0 Å². The highest BCUT2D eigenvalue weighted by Gasteiger charge is 2.40. The van der Waals surface area contributed by atoms with Crippen molar-refractivity contribution in [3.8, 4) is 22.9 Å². The van der Waals surface area contributed by atoms with Gasteiger partial charge in [-0.2, -0.15) is 0 Å². The Hall–Kier alpha value is -3.46. The molecule has 2 aliphatic heterocycles. The number of hydrogen-bond acceptors (Lipinski definition) is 8. The maximum Gasteiger partial charge on any atom is 0.255 e. The molecule has 30 heavy (non-hydrogen) atoms. The fourth-order valence-electron chi connectivity index (χ4n) is 3.98. The molecule has 1 fully saturated rings. The molecular formula is C21H21N5O4. The summed E-state index contributed by atoms with van der Waals surface area (Å²) in [5, 5.41) is 0. The minimum atomic E-state index is -0.211. The third-order valence-electron chi connectivity index (χ3n) is 5.52. The van der Waals surface area contributed by atoms with Crippen molar-refractivity contribution in [2.24, 2.45) is 7.05 Å². The van der Waals surface area contributed by atoms with Gasteiger partial charge in [-0.25, -0.2) is 15.0 Å². The van der Waals surface area contributed by atoms with Crippen molar-refractivity contribution in [1.29, 1.82) is 0 Å². The Balaban J connectivity index is 1.56. The van der Waals surface area contributed by atoms with Crippen LogP contribution in [0.25, 0.3) is 11.4 Å². The Kier molecular flexibility index (Phi) is 4.59. The van der Waals surface area contributed by atoms with E-state index in [1.807, 2.05) is 18.2 Å². The van der Waals surface area contributed by atoms with E-state index in [4.69, 9.17) is 19.2 Å². The van der Waals surface area contributed by atoms with Crippen molar-refractivity contribution in [2.75, 3.05) is 31.8 Å². The fourth-order valence-corrected chi connectivity index (χ4v) is 3.98. The van der Waals surface area contributed by atoms with Crippen LogP contribution in [0.15, 0.2) is 47.7 Å². The first-order valence-electron chi connectivity index (χ1n) is 9.69. The van der Waals surface area contributed by atoms with Gasteiger partial charge in [-0.05, 0) is 24.3 Å². The van der Waals surface area contributed by atoms with E-state index in [0.29, 0.717) is 37.1 Å². The van der Waals surface area contributed by atoms with E-state index in [1.54, 1.807) is 31.0 Å². The second-order valence-corrected chi connectivity index (χ2v) is 7.20. The minimum Gasteiger partial charge on any atom is -0.497 e. The van der Waals surface area contributed by atoms with Crippen LogP contribution < -0.4 is 19.9 Å². The molecule has 2 aromatic heterocycles. The smallest absolute Gasteiger partial charge is 0.255 e. The summed E-state index contributed by atoms with van der Waals surface area (Å²) in [5.41, 5.74) is 1.89. The molecule has 0 N–H and O–H groups in total. The lowest BCUT2D eigenvalue weighted by atomic mass is 9.96. The molecule has 154 valence electrons. The summed E-state index contributed by atoms with van der Waals surface area (Å²) < 4.78 is 19.1. The monoisotopic (exact) mass is 407 g/mol. The van der Waals surface area contributed by atoms with E-state index < -0.39 is 0 Å². The van der Waals surface area contributed by atoms with Gasteiger partial charge in [0.05, 0.1) is 31.1 Å². The lowest BCUT2D eigenvalue weighted by molar-refractivity contribution is -0.0165. The van der Waals surface area contributed by atoms with Crippen molar-refractivity contribution < 1.29 is 14.2 Å². The Labute approximate surface area is 172 Å². The van der Waals surface area contributed by atoms with Crippen molar-refractivity contribution in [3.63, 3.8) is 0 Å². The molecule has 0 radical (unpaired) electrons. The van der Waals surface area contributed by atoms with Gasteiger partial charge in [0.1, 0.15) is 30.5 Å². The molecule has 9 heteroatoms. The number of fused-ring (bicyclic) bond motifs is 3. The number of ether oxygens (including phenoxy) is 3. The molecule has 0 unspecified atom stereocenters. The van der Waals surface area contributed by atoms with Gasteiger partial charge in [0, 0.05) is 31.4 Å². The molecule has 0 amide bonds. The lowest BCUT2D eigenvalue weighted by Crippen LogP contribution is -2.53. The second-order valence-electron chi connectivity index (χ2n) is 7.20. The molecule has 3 aromatic rings. The first kappa shape index (κ1) is 18.6. The Morgan fingerprint density at radius 2 is 2.10 bits per heavy atom. The van der Waals surface area contributed by atoms with Gasteiger partial charge in [0.15, 0.2) is 0 Å². The molecule has 2 aliphatic rings. The standard InChI is InChI=1S/C21H21N5O4/c1-25-19(27)10-16(15-5-6-22-12-23-15)24-21(25)26-7-8-29-20-14-9-13(28-2)3-4-18(14)30-11-17(20)26/h3-6,9-10,12,17,20H,7-8,11H2,1-2H3/t17-,20+/m0/s1. The summed E-state index contributed by atoms with van der Waals surface area (Å²) in [6.07, 6.45) is 2.86. The van der Waals surface area contributed by atoms with Crippen LogP contribution in [0.1, 0.15) is 11.7 Å². The van der Waals surface area contributed by atoms with Crippen molar-refractivity contribution in [2.45, 2.75) is 12.1 Å². The number of nitrogens with zero attached hydrogens (tertiary/aromatic N) is 5. The number of morpholine rings is 1. The Bertz CT molecular complexity index is 1130. The SMILES string of the molecule is COc1ccc2c(c1)[C@H]1OCCN(c3nc(-c4ccncn4)cc(=O)n3C)[C@H]1CO2. The summed E-state index contributed by atoms with van der Waals surface area (Å²) in [6.45, 7) is 1.53. The van der Waals surface area contributed by atoms with Crippen LogP contribution in [0.4, 0.5) is 5.95 Å². The first-order chi connectivity index (χ1) is 14.7. The zero-order valence-corrected chi connectivity index (χ0v) is 16.7. The summed E-state index contributed by atoms with van der Waals surface area (Å²) in [5.74, 6) is 2.09. The minimum absolute atomic E-state index is 0.128. The van der Waals surface area contributed by atoms with Crippen LogP contribution >= 0.6 is 0 Å². The zero-order valence-electron chi connectivity index (χ0n) is 16.7. The highest BCUT2D eigenvalue weighted by Crippen LogP contribution is 2.41. The number of aromatic nitrogens is 4. The summed E-state index contributed by atoms with van der Waals surface area (Å²) in [7, 11) is 3.36. The number of benzene rings is 1. The van der Waals surface area contributed by atoms with Crippen LogP contribution in [-0.2, 0) is 11.8 Å². The van der Waals surface area contributed by atoms with Crippen molar-refractivity contribution >= 4 is 5.95 Å². The maximum atomic E-state index is 12.7. The molecule has 0 saturated carbocycles. The van der Waals surface area contributed by atoms with Gasteiger partial charge >= 0.3 is 0 Å². The van der Waals surface area contributed by atoms with E-state index in [1.165, 1.54) is 12.4 Å². The third kappa shape index (κ3) is 3.07. The van der Waals surface area contributed by atoms with Crippen LogP contribution in [-0.4, -0.2) is 52.4 Å². The predicted molar refractivity (Wildman–Crippen MR) is 109 cm³/mol. The largest absolute Gasteiger partial charge is 0.497 e. The predicted octanol–water partition coefficient (Wildman–Crippen LogP) is 1.58. The Morgan fingerprint density at radius 3 is 2.90 bits per heavy atom. The van der Waals surface area contributed by atoms with E-state index in [9.17, 15) is 4.79 Å². The summed E-state index contributed by atoms with van der Waals surface area (Å²) in [6, 6.07) is 8.81. The first-order valence-corrected chi connectivity index (χ1v) is 9.69. The van der Waals surface area contributed by atoms with Crippen molar-refractivity contribution in [3.05, 3.63) is 58.8 Å². The topological polar surface area (TPSA) is 91.6 Å². The molecule has 9 nitrogen and oxygen atoms in total. The average molecular weight is 407 g/mol. The average Bonchev–Trinajstić information content (AvgIpc) is 2.80. The molecule has 4 heterocycles. The lowest BCUT2D eigenvalue weighted by Gasteiger charge is -2.44. The van der Waals surface area contributed by atoms with Crippen LogP contribution in [0.3, 0.4) is 0 Å². The van der Waals surface area contributed by atoms with Gasteiger partial charge in [0.2, 0.25) is 5.95 Å². The fraction of sp³-hybridized carbons (Fsp3) is 0.333. The number of rotatable bonds is 3. The van der Waals surface area contributed by atoms with Crippen molar-refractivity contribution in [1.82, 2.24) is 19.5 Å². The Morgan fingerprint density at radius 1 is 1.20 bits per heavy atom. The quantitative estimate of drug-likeness (QED) is 0.646. The summed E-state index contributed by atoms with van der Waals surface area (Å²) >= 11 is 0. The number of anilines is 1. The molecule has 5 rings (SSSR count). The second kappa shape index (κ2) is 7.42. The molecule has 2 atom stereocenters. The highest BCUT2D eigenvalue weighted by molar-refractivity contribution is 5.56. The van der Waals surface area contributed by atoms with Gasteiger partial charge in [-0.15, -0.1) is 0 Å².